The maximum Gasteiger partial charge on any atom is 0.258 e. The number of morpholine rings is 1. The first-order valence-corrected chi connectivity index (χ1v) is 10.4. The van der Waals surface area contributed by atoms with Gasteiger partial charge in [-0.2, -0.15) is 5.10 Å². The van der Waals surface area contributed by atoms with E-state index in [1.807, 2.05) is 49.4 Å². The zero-order valence-corrected chi connectivity index (χ0v) is 18.0. The molecular weight excluding hydrogens is 400 g/mol. The van der Waals surface area contributed by atoms with Gasteiger partial charge < -0.3 is 14.5 Å². The van der Waals surface area contributed by atoms with Gasteiger partial charge in [0.1, 0.15) is 5.15 Å². The first-order chi connectivity index (χ1) is 14.6. The van der Waals surface area contributed by atoms with E-state index in [2.05, 4.69) is 22.1 Å². The van der Waals surface area contributed by atoms with Gasteiger partial charge >= 0.3 is 0 Å². The molecule has 1 fully saturated rings. The van der Waals surface area contributed by atoms with Crippen LogP contribution in [0.3, 0.4) is 0 Å². The first kappa shape index (κ1) is 20.4. The van der Waals surface area contributed by atoms with Crippen molar-refractivity contribution < 1.29 is 9.53 Å². The monoisotopic (exact) mass is 424 g/mol. The molecule has 1 amide bonds. The van der Waals surface area contributed by atoms with E-state index in [0.29, 0.717) is 23.0 Å². The number of nitrogens with zero attached hydrogens (tertiary/aromatic N) is 4. The Kier molecular flexibility index (Phi) is 6.06. The number of rotatable bonds is 5. The van der Waals surface area contributed by atoms with Crippen molar-refractivity contribution in [3.05, 3.63) is 76.6 Å². The van der Waals surface area contributed by atoms with Gasteiger partial charge in [-0.1, -0.05) is 48.0 Å². The molecule has 1 aliphatic heterocycles. The highest BCUT2D eigenvalue weighted by molar-refractivity contribution is 6.33. The number of para-hydroxylation sites is 2. The van der Waals surface area contributed by atoms with Crippen LogP contribution in [-0.4, -0.2) is 53.9 Å². The molecular formula is C23H25ClN4O2. The number of aryl methyl sites for hydroxylation is 1. The third-order valence-corrected chi connectivity index (χ3v) is 5.67. The Morgan fingerprint density at radius 3 is 2.50 bits per heavy atom. The number of aromatic nitrogens is 2. The van der Waals surface area contributed by atoms with Crippen molar-refractivity contribution in [1.82, 2.24) is 14.7 Å². The molecule has 30 heavy (non-hydrogen) atoms. The third-order valence-electron chi connectivity index (χ3n) is 5.32. The van der Waals surface area contributed by atoms with Crippen LogP contribution in [0.4, 0.5) is 5.69 Å². The first-order valence-electron chi connectivity index (χ1n) is 10.0. The Morgan fingerprint density at radius 2 is 1.77 bits per heavy atom. The molecule has 0 radical (unpaired) electrons. The minimum atomic E-state index is -0.142. The minimum Gasteiger partial charge on any atom is -0.378 e. The van der Waals surface area contributed by atoms with E-state index in [1.165, 1.54) is 0 Å². The lowest BCUT2D eigenvalue weighted by molar-refractivity contribution is 0.0784. The fourth-order valence-electron chi connectivity index (χ4n) is 3.76. The minimum absolute atomic E-state index is 0.142. The third kappa shape index (κ3) is 4.06. The summed E-state index contributed by atoms with van der Waals surface area (Å²) in [6.45, 7) is 5.44. The van der Waals surface area contributed by atoms with E-state index in [9.17, 15) is 4.79 Å². The van der Waals surface area contributed by atoms with E-state index >= 15 is 0 Å². The number of hydrogen-bond acceptors (Lipinski definition) is 4. The van der Waals surface area contributed by atoms with E-state index < -0.39 is 0 Å². The molecule has 156 valence electrons. The van der Waals surface area contributed by atoms with E-state index in [4.69, 9.17) is 16.3 Å². The molecule has 0 atom stereocenters. The predicted molar refractivity (Wildman–Crippen MR) is 119 cm³/mol. The molecule has 1 saturated heterocycles. The molecule has 0 unspecified atom stereocenters. The van der Waals surface area contributed by atoms with Gasteiger partial charge in [0, 0.05) is 32.4 Å². The van der Waals surface area contributed by atoms with Crippen LogP contribution in [0.25, 0.3) is 5.69 Å². The summed E-state index contributed by atoms with van der Waals surface area (Å²) in [5, 5.41) is 4.83. The molecule has 7 heteroatoms. The summed E-state index contributed by atoms with van der Waals surface area (Å²) < 4.78 is 7.08. The van der Waals surface area contributed by atoms with Crippen LogP contribution in [0.1, 0.15) is 21.6 Å². The maximum absolute atomic E-state index is 13.3. The number of hydrogen-bond donors (Lipinski definition) is 0. The van der Waals surface area contributed by atoms with Crippen LogP contribution < -0.4 is 4.90 Å². The fraction of sp³-hybridized carbons (Fsp3) is 0.304. The lowest BCUT2D eigenvalue weighted by atomic mass is 10.1. The number of benzene rings is 2. The van der Waals surface area contributed by atoms with Crippen LogP contribution in [-0.2, 0) is 11.3 Å². The fourth-order valence-corrected chi connectivity index (χ4v) is 4.11. The molecule has 4 rings (SSSR count). The molecule has 3 aromatic rings. The Labute approximate surface area is 181 Å². The Hall–Kier alpha value is -2.83. The summed E-state index contributed by atoms with van der Waals surface area (Å²) in [5.41, 5.74) is 4.11. The topological polar surface area (TPSA) is 50.6 Å². The van der Waals surface area contributed by atoms with Crippen molar-refractivity contribution in [2.75, 3.05) is 38.3 Å². The Balaban J connectivity index is 1.58. The van der Waals surface area contributed by atoms with Crippen molar-refractivity contribution in [3.8, 4) is 5.69 Å². The van der Waals surface area contributed by atoms with Gasteiger partial charge in [-0.05, 0) is 30.7 Å². The number of halogens is 1. The lowest BCUT2D eigenvalue weighted by Gasteiger charge is -2.31. The summed E-state index contributed by atoms with van der Waals surface area (Å²) in [5.74, 6) is -0.142. The molecule has 0 aliphatic carbocycles. The molecule has 1 aromatic heterocycles. The quantitative estimate of drug-likeness (QED) is 0.622. The van der Waals surface area contributed by atoms with Gasteiger partial charge in [0.15, 0.2) is 0 Å². The largest absolute Gasteiger partial charge is 0.378 e. The summed E-state index contributed by atoms with van der Waals surface area (Å²) in [7, 11) is 1.80. The summed E-state index contributed by atoms with van der Waals surface area (Å²) in [6, 6.07) is 17.8. The highest BCUT2D eigenvalue weighted by Gasteiger charge is 2.25. The highest BCUT2D eigenvalue weighted by atomic mass is 35.5. The lowest BCUT2D eigenvalue weighted by Crippen LogP contribution is -2.37. The molecule has 0 spiro atoms. The second-order valence-corrected chi connectivity index (χ2v) is 7.75. The van der Waals surface area contributed by atoms with Crippen molar-refractivity contribution >= 4 is 23.2 Å². The van der Waals surface area contributed by atoms with Gasteiger partial charge in [0.25, 0.3) is 5.91 Å². The van der Waals surface area contributed by atoms with Crippen LogP contribution >= 0.6 is 11.6 Å². The standard InChI is InChI=1S/C23H25ClN4O2/c1-17-21(22(24)28(25-17)19-9-4-3-5-10-19)23(29)26(2)16-18-8-6-7-11-20(18)27-12-14-30-15-13-27/h3-11H,12-16H2,1-2H3. The zero-order chi connectivity index (χ0) is 21.1. The van der Waals surface area contributed by atoms with Gasteiger partial charge in [0.2, 0.25) is 0 Å². The van der Waals surface area contributed by atoms with E-state index in [0.717, 1.165) is 43.2 Å². The van der Waals surface area contributed by atoms with Crippen molar-refractivity contribution in [2.45, 2.75) is 13.5 Å². The average molecular weight is 425 g/mol. The highest BCUT2D eigenvalue weighted by Crippen LogP contribution is 2.27. The number of carbonyl (C=O) groups is 1. The van der Waals surface area contributed by atoms with Crippen LogP contribution in [0.2, 0.25) is 5.15 Å². The molecule has 2 heterocycles. The molecule has 2 aromatic carbocycles. The zero-order valence-electron chi connectivity index (χ0n) is 17.2. The van der Waals surface area contributed by atoms with Crippen molar-refractivity contribution in [2.24, 2.45) is 0 Å². The van der Waals surface area contributed by atoms with Crippen LogP contribution in [0.15, 0.2) is 54.6 Å². The number of amides is 1. The Morgan fingerprint density at radius 1 is 1.10 bits per heavy atom. The molecule has 0 N–H and O–H groups in total. The molecule has 0 saturated carbocycles. The Bertz CT molecular complexity index is 1030. The summed E-state index contributed by atoms with van der Waals surface area (Å²) in [6.07, 6.45) is 0. The molecule has 0 bridgehead atoms. The second-order valence-electron chi connectivity index (χ2n) is 7.39. The van der Waals surface area contributed by atoms with Gasteiger partial charge in [-0.15, -0.1) is 0 Å². The number of carbonyl (C=O) groups excluding carboxylic acids is 1. The van der Waals surface area contributed by atoms with Gasteiger partial charge in [-0.25, -0.2) is 4.68 Å². The molecule has 6 nitrogen and oxygen atoms in total. The normalized spacial score (nSPS) is 14.0. The van der Waals surface area contributed by atoms with Gasteiger partial charge in [-0.3, -0.25) is 4.79 Å². The number of ether oxygens (including phenoxy) is 1. The van der Waals surface area contributed by atoms with E-state index in [1.54, 1.807) is 16.6 Å². The van der Waals surface area contributed by atoms with Gasteiger partial charge in [0.05, 0.1) is 30.2 Å². The van der Waals surface area contributed by atoms with Crippen LogP contribution in [0, 0.1) is 6.92 Å². The SMILES string of the molecule is Cc1nn(-c2ccccc2)c(Cl)c1C(=O)N(C)Cc1ccccc1N1CCOCC1. The summed E-state index contributed by atoms with van der Waals surface area (Å²) in [4.78, 5) is 17.3. The average Bonchev–Trinajstić information content (AvgIpc) is 3.08. The smallest absolute Gasteiger partial charge is 0.258 e. The predicted octanol–water partition coefficient (Wildman–Crippen LogP) is 3.94. The molecule has 1 aliphatic rings. The van der Waals surface area contributed by atoms with Crippen LogP contribution in [0.5, 0.6) is 0 Å². The second kappa shape index (κ2) is 8.90. The van der Waals surface area contributed by atoms with E-state index in [-0.39, 0.29) is 5.91 Å². The number of anilines is 1. The summed E-state index contributed by atoms with van der Waals surface area (Å²) >= 11 is 6.59. The maximum atomic E-state index is 13.3. The van der Waals surface area contributed by atoms with Crippen molar-refractivity contribution in [1.29, 1.82) is 0 Å². The van der Waals surface area contributed by atoms with Crippen molar-refractivity contribution in [3.63, 3.8) is 0 Å².